The van der Waals surface area contributed by atoms with Crippen LogP contribution in [0.5, 0.6) is 0 Å². The summed E-state index contributed by atoms with van der Waals surface area (Å²) in [5.41, 5.74) is 7.11. The fourth-order valence-corrected chi connectivity index (χ4v) is 4.76. The molecule has 6 rings (SSSR count). The second-order valence-corrected chi connectivity index (χ2v) is 8.69. The molecule has 1 aliphatic carbocycles. The van der Waals surface area contributed by atoms with E-state index in [2.05, 4.69) is 38.5 Å². The number of nitrogens with zero attached hydrogens (tertiary/aromatic N) is 7. The molecule has 0 radical (unpaired) electrons. The molecule has 1 saturated heterocycles. The first-order valence-electron chi connectivity index (χ1n) is 11.2. The van der Waals surface area contributed by atoms with E-state index in [4.69, 9.17) is 4.98 Å². The number of piperidine rings is 1. The molecule has 1 amide bonds. The van der Waals surface area contributed by atoms with Crippen molar-refractivity contribution in [1.82, 2.24) is 34.8 Å². The number of allylic oxidation sites excluding steroid dienone is 1. The maximum absolute atomic E-state index is 12.1. The van der Waals surface area contributed by atoms with Gasteiger partial charge in [-0.25, -0.2) is 9.67 Å². The van der Waals surface area contributed by atoms with Gasteiger partial charge in [-0.3, -0.25) is 14.8 Å². The Morgan fingerprint density at radius 3 is 2.82 bits per heavy atom. The van der Waals surface area contributed by atoms with Crippen LogP contribution in [0.2, 0.25) is 0 Å². The molecular formula is C24H23N7O2. The van der Waals surface area contributed by atoms with Crippen molar-refractivity contribution in [3.63, 3.8) is 0 Å². The van der Waals surface area contributed by atoms with Crippen molar-refractivity contribution >= 4 is 34.1 Å². The summed E-state index contributed by atoms with van der Waals surface area (Å²) < 4.78 is 1.93. The Kier molecular flexibility index (Phi) is 4.65. The lowest BCUT2D eigenvalue weighted by Gasteiger charge is -2.32. The molecule has 4 aromatic rings. The van der Waals surface area contributed by atoms with E-state index in [-0.39, 0.29) is 11.9 Å². The van der Waals surface area contributed by atoms with E-state index in [1.54, 1.807) is 11.1 Å². The van der Waals surface area contributed by atoms with Crippen LogP contribution in [-0.2, 0) is 11.2 Å². The highest BCUT2D eigenvalue weighted by Crippen LogP contribution is 2.31. The number of hydrogen-bond donors (Lipinski definition) is 1. The largest absolute Gasteiger partial charge is 0.384 e. The fraction of sp³-hybridized carbons (Fsp3) is 0.333. The lowest BCUT2D eigenvalue weighted by Crippen LogP contribution is -2.43. The third-order valence-corrected chi connectivity index (χ3v) is 6.53. The van der Waals surface area contributed by atoms with Crippen LogP contribution < -0.4 is 0 Å². The Morgan fingerprint density at radius 2 is 2.00 bits per heavy atom. The van der Waals surface area contributed by atoms with Crippen molar-refractivity contribution in [3.8, 4) is 11.3 Å². The lowest BCUT2D eigenvalue weighted by atomic mass is 10.0. The van der Waals surface area contributed by atoms with Crippen molar-refractivity contribution in [1.29, 1.82) is 0 Å². The molecule has 33 heavy (non-hydrogen) atoms. The van der Waals surface area contributed by atoms with Crippen molar-refractivity contribution in [2.24, 2.45) is 0 Å². The van der Waals surface area contributed by atoms with E-state index in [1.807, 2.05) is 23.0 Å². The minimum Gasteiger partial charge on any atom is -0.384 e. The molecule has 2 aliphatic rings. The molecular weight excluding hydrogens is 418 g/mol. The van der Waals surface area contributed by atoms with E-state index in [1.165, 1.54) is 6.92 Å². The van der Waals surface area contributed by atoms with Crippen molar-refractivity contribution in [3.05, 3.63) is 47.9 Å². The molecule has 0 bridgehead atoms. The number of fused-ring (bicyclic) bond motifs is 4. The van der Waals surface area contributed by atoms with Crippen LogP contribution in [0.25, 0.3) is 39.4 Å². The zero-order valence-electron chi connectivity index (χ0n) is 18.2. The average Bonchev–Trinajstić information content (AvgIpc) is 3.50. The first-order chi connectivity index (χ1) is 16.1. The number of hydrogen-bond acceptors (Lipinski definition) is 7. The number of aliphatic hydroxyl groups excluding tert-OH is 1. The van der Waals surface area contributed by atoms with E-state index in [9.17, 15) is 9.90 Å². The summed E-state index contributed by atoms with van der Waals surface area (Å²) in [4.78, 5) is 27.9. The Hall–Kier alpha value is -3.72. The minimum absolute atomic E-state index is 0.0934. The molecule has 166 valence electrons. The first kappa shape index (κ1) is 19.9. The van der Waals surface area contributed by atoms with Gasteiger partial charge in [0, 0.05) is 31.3 Å². The van der Waals surface area contributed by atoms with Crippen LogP contribution in [0.4, 0.5) is 0 Å². The Balaban J connectivity index is 1.39. The minimum atomic E-state index is -0.976. The topological polar surface area (TPSA) is 110 Å². The first-order valence-corrected chi connectivity index (χ1v) is 11.2. The normalized spacial score (nSPS) is 17.1. The number of likely N-dealkylation sites (tertiary alicyclic amines) is 1. The lowest BCUT2D eigenvalue weighted by molar-refractivity contribution is -0.140. The predicted octanol–water partition coefficient (Wildman–Crippen LogP) is 2.55. The predicted molar refractivity (Wildman–Crippen MR) is 123 cm³/mol. The van der Waals surface area contributed by atoms with Gasteiger partial charge in [-0.05, 0) is 43.5 Å². The maximum atomic E-state index is 12.1. The number of pyridine rings is 3. The van der Waals surface area contributed by atoms with E-state index in [0.29, 0.717) is 18.6 Å². The van der Waals surface area contributed by atoms with Gasteiger partial charge in [0.05, 0.1) is 29.1 Å². The van der Waals surface area contributed by atoms with Crippen LogP contribution in [0, 0.1) is 0 Å². The molecule has 0 unspecified atom stereocenters. The van der Waals surface area contributed by atoms with Gasteiger partial charge in [-0.15, -0.1) is 5.10 Å². The molecule has 4 aromatic heterocycles. The smallest absolute Gasteiger partial charge is 0.251 e. The Morgan fingerprint density at radius 1 is 1.15 bits per heavy atom. The van der Waals surface area contributed by atoms with Crippen LogP contribution >= 0.6 is 0 Å². The van der Waals surface area contributed by atoms with Gasteiger partial charge in [-0.1, -0.05) is 17.4 Å². The van der Waals surface area contributed by atoms with E-state index < -0.39 is 6.10 Å². The van der Waals surface area contributed by atoms with Crippen molar-refractivity contribution in [2.75, 3.05) is 13.1 Å². The summed E-state index contributed by atoms with van der Waals surface area (Å²) in [5, 5.41) is 18.4. The third kappa shape index (κ3) is 3.36. The maximum Gasteiger partial charge on any atom is 0.251 e. The molecule has 0 spiro atoms. The molecule has 0 aromatic carbocycles. The zero-order chi connectivity index (χ0) is 22.5. The summed E-state index contributed by atoms with van der Waals surface area (Å²) in [6.07, 6.45) is 9.19. The van der Waals surface area contributed by atoms with Crippen molar-refractivity contribution in [2.45, 2.75) is 38.3 Å². The highest BCUT2D eigenvalue weighted by Gasteiger charge is 2.28. The van der Waals surface area contributed by atoms with Gasteiger partial charge in [-0.2, -0.15) is 0 Å². The van der Waals surface area contributed by atoms with Gasteiger partial charge in [0.2, 0.25) is 0 Å². The van der Waals surface area contributed by atoms with Gasteiger partial charge >= 0.3 is 0 Å². The van der Waals surface area contributed by atoms with E-state index in [0.717, 1.165) is 58.3 Å². The van der Waals surface area contributed by atoms with Crippen LogP contribution in [0.15, 0.2) is 36.7 Å². The molecule has 5 heterocycles. The number of amides is 1. The summed E-state index contributed by atoms with van der Waals surface area (Å²) in [5.74, 6) is -0.226. The van der Waals surface area contributed by atoms with Gasteiger partial charge in [0.25, 0.3) is 5.91 Å². The zero-order valence-corrected chi connectivity index (χ0v) is 18.2. The second-order valence-electron chi connectivity index (χ2n) is 8.69. The van der Waals surface area contributed by atoms with Crippen LogP contribution in [-0.4, -0.2) is 65.1 Å². The molecule has 1 atom stereocenters. The Bertz CT molecular complexity index is 1420. The summed E-state index contributed by atoms with van der Waals surface area (Å²) in [6, 6.07) is 6.16. The second kappa shape index (κ2) is 7.70. The quantitative estimate of drug-likeness (QED) is 0.520. The number of aliphatic hydroxyl groups is 1. The summed E-state index contributed by atoms with van der Waals surface area (Å²) in [7, 11) is 0. The van der Waals surface area contributed by atoms with Crippen LogP contribution in [0.3, 0.4) is 0 Å². The molecule has 9 nitrogen and oxygen atoms in total. The number of carbonyl (C=O) groups is 1. The fourth-order valence-electron chi connectivity index (χ4n) is 4.76. The SMILES string of the molecule is C[C@H](O)C(=O)N1CCC(n2nnc3cnc4ccc(-c5cnc6c(c5)C=CC6)nc4c32)CC1. The number of rotatable bonds is 3. The molecule has 1 N–H and O–H groups in total. The van der Waals surface area contributed by atoms with Crippen LogP contribution in [0.1, 0.15) is 37.1 Å². The molecule has 1 aliphatic heterocycles. The van der Waals surface area contributed by atoms with Gasteiger partial charge < -0.3 is 10.0 Å². The molecule has 0 saturated carbocycles. The number of carbonyl (C=O) groups excluding carboxylic acids is 1. The number of aromatic nitrogens is 6. The average molecular weight is 441 g/mol. The summed E-state index contributed by atoms with van der Waals surface area (Å²) in [6.45, 7) is 2.66. The standard InChI is InChI=1S/C24H23N7O2/c1-14(32)24(33)30-9-7-17(8-10-30)31-23-21(28-29-31)13-26-20-6-5-19(27-22(20)23)16-11-15-3-2-4-18(15)25-12-16/h2-3,5-6,11-14,17,32H,4,7-10H2,1H3/t14-/m0/s1. The summed E-state index contributed by atoms with van der Waals surface area (Å²) >= 11 is 0. The molecule has 9 heteroatoms. The monoisotopic (exact) mass is 441 g/mol. The molecule has 1 fully saturated rings. The van der Waals surface area contributed by atoms with E-state index >= 15 is 0 Å². The van der Waals surface area contributed by atoms with Crippen molar-refractivity contribution < 1.29 is 9.90 Å². The Labute approximate surface area is 189 Å². The highest BCUT2D eigenvalue weighted by molar-refractivity contribution is 5.99. The highest BCUT2D eigenvalue weighted by atomic mass is 16.3. The van der Waals surface area contributed by atoms with Gasteiger partial charge in [0.1, 0.15) is 22.7 Å². The van der Waals surface area contributed by atoms with Gasteiger partial charge in [0.15, 0.2) is 0 Å². The third-order valence-electron chi connectivity index (χ3n) is 6.53.